The number of carbonyl (C=O) groups excluding carboxylic acids is 1. The van der Waals surface area contributed by atoms with Gasteiger partial charge in [-0.3, -0.25) is 0 Å². The molecule has 1 atom stereocenters. The molecule has 0 amide bonds. The lowest BCUT2D eigenvalue weighted by Crippen LogP contribution is -2.18. The molecule has 1 fully saturated rings. The van der Waals surface area contributed by atoms with Gasteiger partial charge in [0.1, 0.15) is 6.10 Å². The highest BCUT2D eigenvalue weighted by atomic mass is 16.6. The van der Waals surface area contributed by atoms with Crippen LogP contribution in [0.25, 0.3) is 0 Å². The van der Waals surface area contributed by atoms with Crippen LogP contribution in [0.1, 0.15) is 16.8 Å². The molecule has 0 aromatic heterocycles. The van der Waals surface area contributed by atoms with Gasteiger partial charge < -0.3 is 15.2 Å². The second kappa shape index (κ2) is 4.31. The molecule has 1 aromatic carbocycles. The Hall–Kier alpha value is -1.55. The summed E-state index contributed by atoms with van der Waals surface area (Å²) < 4.78 is 10.3. The number of nitrogens with two attached hydrogens (primary N) is 1. The molecule has 2 rings (SSSR count). The standard InChI is InChI=1S/C11H13NO3/c12-9-3-1-2-8(6-9)11(13)15-10-4-5-14-7-10/h1-3,6,10H,4-5,7,12H2. The van der Waals surface area contributed by atoms with E-state index < -0.39 is 0 Å². The normalized spacial score (nSPS) is 20.1. The minimum absolute atomic E-state index is 0.112. The molecule has 4 heteroatoms. The minimum Gasteiger partial charge on any atom is -0.456 e. The summed E-state index contributed by atoms with van der Waals surface area (Å²) in [6.45, 7) is 1.16. The fourth-order valence-corrected chi connectivity index (χ4v) is 1.49. The molecule has 0 spiro atoms. The smallest absolute Gasteiger partial charge is 0.338 e. The van der Waals surface area contributed by atoms with Crippen LogP contribution in [0, 0.1) is 0 Å². The van der Waals surface area contributed by atoms with Crippen LogP contribution in [0.4, 0.5) is 5.69 Å². The summed E-state index contributed by atoms with van der Waals surface area (Å²) in [5.74, 6) is -0.335. The molecule has 80 valence electrons. The minimum atomic E-state index is -0.335. The van der Waals surface area contributed by atoms with Crippen LogP contribution in [0.15, 0.2) is 24.3 Å². The number of benzene rings is 1. The number of anilines is 1. The second-order valence-electron chi connectivity index (χ2n) is 3.52. The molecule has 0 saturated carbocycles. The largest absolute Gasteiger partial charge is 0.456 e. The molecule has 2 N–H and O–H groups in total. The van der Waals surface area contributed by atoms with Gasteiger partial charge >= 0.3 is 5.97 Å². The summed E-state index contributed by atoms with van der Waals surface area (Å²) in [5, 5.41) is 0. The maximum absolute atomic E-state index is 11.6. The molecular weight excluding hydrogens is 194 g/mol. The predicted molar refractivity (Wildman–Crippen MR) is 55.5 cm³/mol. The lowest BCUT2D eigenvalue weighted by Gasteiger charge is -2.09. The number of ether oxygens (including phenoxy) is 2. The molecule has 15 heavy (non-hydrogen) atoms. The second-order valence-corrected chi connectivity index (χ2v) is 3.52. The lowest BCUT2D eigenvalue weighted by molar-refractivity contribution is 0.0271. The Bertz CT molecular complexity index is 359. The van der Waals surface area contributed by atoms with E-state index in [4.69, 9.17) is 15.2 Å². The van der Waals surface area contributed by atoms with Crippen molar-refractivity contribution < 1.29 is 14.3 Å². The summed E-state index contributed by atoms with van der Waals surface area (Å²) >= 11 is 0. The van der Waals surface area contributed by atoms with E-state index in [0.29, 0.717) is 24.5 Å². The first-order valence-corrected chi connectivity index (χ1v) is 4.90. The quantitative estimate of drug-likeness (QED) is 0.585. The molecule has 0 aliphatic carbocycles. The summed E-state index contributed by atoms with van der Waals surface area (Å²) in [4.78, 5) is 11.6. The molecule has 1 unspecified atom stereocenters. The summed E-state index contributed by atoms with van der Waals surface area (Å²) in [7, 11) is 0. The molecule has 0 bridgehead atoms. The van der Waals surface area contributed by atoms with Crippen molar-refractivity contribution in [1.82, 2.24) is 0 Å². The zero-order valence-electron chi connectivity index (χ0n) is 8.31. The maximum atomic E-state index is 11.6. The number of rotatable bonds is 2. The van der Waals surface area contributed by atoms with Crippen LogP contribution in [0.5, 0.6) is 0 Å². The van der Waals surface area contributed by atoms with Gasteiger partial charge in [0.05, 0.1) is 18.8 Å². The first-order chi connectivity index (χ1) is 7.25. The van der Waals surface area contributed by atoms with Crippen LogP contribution in [-0.2, 0) is 9.47 Å². The number of nitrogen functional groups attached to an aromatic ring is 1. The number of hydrogen-bond donors (Lipinski definition) is 1. The van der Waals surface area contributed by atoms with Crippen molar-refractivity contribution >= 4 is 11.7 Å². The summed E-state index contributed by atoms with van der Waals surface area (Å²) in [6, 6.07) is 6.76. The average Bonchev–Trinajstić information content (AvgIpc) is 2.70. The van der Waals surface area contributed by atoms with Crippen molar-refractivity contribution in [1.29, 1.82) is 0 Å². The average molecular weight is 207 g/mol. The van der Waals surface area contributed by atoms with Crippen molar-refractivity contribution in [3.05, 3.63) is 29.8 Å². The molecule has 1 aromatic rings. The van der Waals surface area contributed by atoms with Crippen molar-refractivity contribution in [2.75, 3.05) is 18.9 Å². The summed E-state index contributed by atoms with van der Waals surface area (Å²) in [5.41, 5.74) is 6.62. The van der Waals surface area contributed by atoms with E-state index in [1.165, 1.54) is 0 Å². The highest BCUT2D eigenvalue weighted by Gasteiger charge is 2.20. The van der Waals surface area contributed by atoms with E-state index in [1.807, 2.05) is 0 Å². The van der Waals surface area contributed by atoms with E-state index in [1.54, 1.807) is 24.3 Å². The molecule has 1 heterocycles. The topological polar surface area (TPSA) is 61.6 Å². The first-order valence-electron chi connectivity index (χ1n) is 4.90. The third-order valence-electron chi connectivity index (χ3n) is 2.28. The van der Waals surface area contributed by atoms with E-state index in [2.05, 4.69) is 0 Å². The van der Waals surface area contributed by atoms with Crippen LogP contribution in [0.3, 0.4) is 0 Å². The van der Waals surface area contributed by atoms with Gasteiger partial charge in [-0.15, -0.1) is 0 Å². The Morgan fingerprint density at radius 1 is 1.53 bits per heavy atom. The fraction of sp³-hybridized carbons (Fsp3) is 0.364. The zero-order chi connectivity index (χ0) is 10.7. The fourth-order valence-electron chi connectivity index (χ4n) is 1.49. The first kappa shape index (κ1) is 9.98. The molecule has 4 nitrogen and oxygen atoms in total. The SMILES string of the molecule is Nc1cccc(C(=O)OC2CCOC2)c1. The Kier molecular flexibility index (Phi) is 2.87. The highest BCUT2D eigenvalue weighted by molar-refractivity contribution is 5.90. The van der Waals surface area contributed by atoms with Crippen LogP contribution in [0.2, 0.25) is 0 Å². The Morgan fingerprint density at radius 2 is 2.40 bits per heavy atom. The monoisotopic (exact) mass is 207 g/mol. The van der Waals surface area contributed by atoms with Gasteiger partial charge in [0.25, 0.3) is 0 Å². The number of esters is 1. The predicted octanol–water partition coefficient (Wildman–Crippen LogP) is 1.21. The van der Waals surface area contributed by atoms with Gasteiger partial charge in [0.15, 0.2) is 0 Å². The third-order valence-corrected chi connectivity index (χ3v) is 2.28. The molecule has 1 saturated heterocycles. The third kappa shape index (κ3) is 2.47. The number of hydrogen-bond acceptors (Lipinski definition) is 4. The van der Waals surface area contributed by atoms with Gasteiger partial charge in [-0.2, -0.15) is 0 Å². The maximum Gasteiger partial charge on any atom is 0.338 e. The Morgan fingerprint density at radius 3 is 3.07 bits per heavy atom. The van der Waals surface area contributed by atoms with Gasteiger partial charge in [0, 0.05) is 12.1 Å². The van der Waals surface area contributed by atoms with Gasteiger partial charge in [-0.25, -0.2) is 4.79 Å². The molecule has 1 aliphatic rings. The molecule has 1 aliphatic heterocycles. The molecule has 0 radical (unpaired) electrons. The van der Waals surface area contributed by atoms with E-state index in [0.717, 1.165) is 6.42 Å². The van der Waals surface area contributed by atoms with Crippen molar-refractivity contribution in [3.8, 4) is 0 Å². The van der Waals surface area contributed by atoms with Crippen molar-refractivity contribution in [3.63, 3.8) is 0 Å². The van der Waals surface area contributed by atoms with Crippen molar-refractivity contribution in [2.45, 2.75) is 12.5 Å². The van der Waals surface area contributed by atoms with Crippen molar-refractivity contribution in [2.24, 2.45) is 0 Å². The Balaban J connectivity index is 2.01. The van der Waals surface area contributed by atoms with Crippen LogP contribution >= 0.6 is 0 Å². The van der Waals surface area contributed by atoms with Gasteiger partial charge in [-0.05, 0) is 18.2 Å². The van der Waals surface area contributed by atoms with E-state index >= 15 is 0 Å². The molecular formula is C11H13NO3. The van der Waals surface area contributed by atoms with Gasteiger partial charge in [-0.1, -0.05) is 6.07 Å². The van der Waals surface area contributed by atoms with E-state index in [9.17, 15) is 4.79 Å². The lowest BCUT2D eigenvalue weighted by atomic mass is 10.2. The highest BCUT2D eigenvalue weighted by Crippen LogP contribution is 2.13. The Labute approximate surface area is 88.0 Å². The summed E-state index contributed by atoms with van der Waals surface area (Å²) in [6.07, 6.45) is 0.660. The van der Waals surface area contributed by atoms with Crippen LogP contribution in [-0.4, -0.2) is 25.3 Å². The zero-order valence-corrected chi connectivity index (χ0v) is 8.31. The van der Waals surface area contributed by atoms with Crippen LogP contribution < -0.4 is 5.73 Å². The van der Waals surface area contributed by atoms with Gasteiger partial charge in [0.2, 0.25) is 0 Å². The number of carbonyl (C=O) groups is 1. The van der Waals surface area contributed by atoms with E-state index in [-0.39, 0.29) is 12.1 Å².